The highest BCUT2D eigenvalue weighted by atomic mass is 16.6. The quantitative estimate of drug-likeness (QED) is 0.256. The number of nitro groups is 1. The maximum absolute atomic E-state index is 13.1. The third kappa shape index (κ3) is 4.16. The van der Waals surface area contributed by atoms with Crippen LogP contribution in [0.1, 0.15) is 27.8 Å². The second-order valence-electron chi connectivity index (χ2n) is 8.46. The summed E-state index contributed by atoms with van der Waals surface area (Å²) in [5.74, 6) is -0.300. The standard InChI is InChI=1S/C26H25N5O3/c27-11-9-16-1-3-17(4-2-16)25(29-20-6-5-19-15-28-12-10-18(19)13-20)24-22-14-21(31(33)34)7-8-23(22)30-26(24)32/h1-8,13-14,28-29H,9-12,15,27H2,(H,30,32)/b25-24-. The number of hydrogen-bond donors (Lipinski definition) is 4. The summed E-state index contributed by atoms with van der Waals surface area (Å²) in [6, 6.07) is 18.5. The molecular formula is C26H25N5O3. The summed E-state index contributed by atoms with van der Waals surface area (Å²) in [5, 5.41) is 21.1. The second kappa shape index (κ2) is 9.09. The van der Waals surface area contributed by atoms with Crippen LogP contribution in [0, 0.1) is 10.1 Å². The molecule has 8 nitrogen and oxygen atoms in total. The molecule has 0 saturated heterocycles. The first kappa shape index (κ1) is 21.8. The average Bonchev–Trinajstić information content (AvgIpc) is 3.18. The van der Waals surface area contributed by atoms with Crippen molar-refractivity contribution in [2.24, 2.45) is 5.73 Å². The minimum Gasteiger partial charge on any atom is -0.354 e. The zero-order valence-corrected chi connectivity index (χ0v) is 18.6. The fourth-order valence-corrected chi connectivity index (χ4v) is 4.50. The van der Waals surface area contributed by atoms with Gasteiger partial charge in [0.25, 0.3) is 11.6 Å². The number of nitrogens with two attached hydrogens (primary N) is 1. The molecule has 1 amide bonds. The van der Waals surface area contributed by atoms with Crippen molar-refractivity contribution in [1.29, 1.82) is 0 Å². The molecule has 5 rings (SSSR count). The number of fused-ring (bicyclic) bond motifs is 2. The summed E-state index contributed by atoms with van der Waals surface area (Å²) in [4.78, 5) is 24.1. The third-order valence-corrected chi connectivity index (χ3v) is 6.25. The molecule has 8 heteroatoms. The number of hydrogen-bond acceptors (Lipinski definition) is 6. The molecule has 0 aliphatic carbocycles. The third-order valence-electron chi connectivity index (χ3n) is 6.25. The van der Waals surface area contributed by atoms with E-state index >= 15 is 0 Å². The normalized spacial score (nSPS) is 15.9. The van der Waals surface area contributed by atoms with Gasteiger partial charge in [-0.15, -0.1) is 0 Å². The number of carbonyl (C=O) groups excluding carboxylic acids is 1. The Labute approximate surface area is 197 Å². The highest BCUT2D eigenvalue weighted by Gasteiger charge is 2.30. The number of anilines is 2. The van der Waals surface area contributed by atoms with E-state index in [1.54, 1.807) is 6.07 Å². The molecule has 0 aromatic heterocycles. The van der Waals surface area contributed by atoms with Crippen LogP contribution < -0.4 is 21.7 Å². The molecular weight excluding hydrogens is 430 g/mol. The monoisotopic (exact) mass is 455 g/mol. The van der Waals surface area contributed by atoms with Crippen molar-refractivity contribution >= 4 is 34.2 Å². The topological polar surface area (TPSA) is 122 Å². The number of nitro benzene ring substituents is 1. The maximum Gasteiger partial charge on any atom is 0.270 e. The molecule has 0 bridgehead atoms. The summed E-state index contributed by atoms with van der Waals surface area (Å²) >= 11 is 0. The molecule has 0 spiro atoms. The zero-order chi connectivity index (χ0) is 23.7. The number of nitrogens with zero attached hydrogens (tertiary/aromatic N) is 1. The van der Waals surface area contributed by atoms with Crippen LogP contribution in [-0.2, 0) is 24.2 Å². The van der Waals surface area contributed by atoms with Crippen molar-refractivity contribution in [3.8, 4) is 0 Å². The minimum atomic E-state index is -0.451. The van der Waals surface area contributed by atoms with Crippen LogP contribution >= 0.6 is 0 Å². The Hall–Kier alpha value is -4.01. The Balaban J connectivity index is 1.64. The van der Waals surface area contributed by atoms with E-state index in [1.807, 2.05) is 30.3 Å². The fraction of sp³-hybridized carbons (Fsp3) is 0.192. The lowest BCUT2D eigenvalue weighted by Crippen LogP contribution is -2.23. The van der Waals surface area contributed by atoms with Gasteiger partial charge in [0.05, 0.1) is 16.2 Å². The molecule has 2 aliphatic heterocycles. The summed E-state index contributed by atoms with van der Waals surface area (Å²) in [5.41, 5.74) is 13.0. The van der Waals surface area contributed by atoms with E-state index in [1.165, 1.54) is 23.3 Å². The Bertz CT molecular complexity index is 1310. The van der Waals surface area contributed by atoms with E-state index in [-0.39, 0.29) is 11.6 Å². The van der Waals surface area contributed by atoms with Crippen LogP contribution in [0.4, 0.5) is 17.1 Å². The summed E-state index contributed by atoms with van der Waals surface area (Å²) in [6.45, 7) is 2.31. The predicted octanol–water partition coefficient (Wildman–Crippen LogP) is 3.67. The number of nitrogens with one attached hydrogen (secondary N) is 3. The molecule has 3 aromatic carbocycles. The number of rotatable bonds is 6. The number of carbonyl (C=O) groups is 1. The van der Waals surface area contributed by atoms with Gasteiger partial charge < -0.3 is 21.7 Å². The Morgan fingerprint density at radius 3 is 2.65 bits per heavy atom. The van der Waals surface area contributed by atoms with E-state index in [9.17, 15) is 14.9 Å². The van der Waals surface area contributed by atoms with Crippen molar-refractivity contribution in [2.45, 2.75) is 19.4 Å². The van der Waals surface area contributed by atoms with Gasteiger partial charge in [-0.1, -0.05) is 30.3 Å². The van der Waals surface area contributed by atoms with Gasteiger partial charge in [0.2, 0.25) is 0 Å². The van der Waals surface area contributed by atoms with Gasteiger partial charge in [0.15, 0.2) is 0 Å². The van der Waals surface area contributed by atoms with Gasteiger partial charge in [-0.2, -0.15) is 0 Å². The van der Waals surface area contributed by atoms with E-state index in [2.05, 4.69) is 28.1 Å². The molecule has 5 N–H and O–H groups in total. The first-order chi connectivity index (χ1) is 16.5. The van der Waals surface area contributed by atoms with Crippen LogP contribution in [0.5, 0.6) is 0 Å². The molecule has 2 heterocycles. The largest absolute Gasteiger partial charge is 0.354 e. The fourth-order valence-electron chi connectivity index (χ4n) is 4.50. The molecule has 0 saturated carbocycles. The predicted molar refractivity (Wildman–Crippen MR) is 133 cm³/mol. The zero-order valence-electron chi connectivity index (χ0n) is 18.6. The smallest absolute Gasteiger partial charge is 0.270 e. The summed E-state index contributed by atoms with van der Waals surface area (Å²) < 4.78 is 0. The molecule has 0 fully saturated rings. The first-order valence-electron chi connectivity index (χ1n) is 11.3. The van der Waals surface area contributed by atoms with E-state index in [0.29, 0.717) is 29.1 Å². The highest BCUT2D eigenvalue weighted by molar-refractivity contribution is 6.37. The Morgan fingerprint density at radius 1 is 1.06 bits per heavy atom. The van der Waals surface area contributed by atoms with Crippen LogP contribution in [0.15, 0.2) is 60.7 Å². The van der Waals surface area contributed by atoms with Crippen LogP contribution in [-0.4, -0.2) is 23.9 Å². The van der Waals surface area contributed by atoms with E-state index < -0.39 is 4.92 Å². The average molecular weight is 456 g/mol. The van der Waals surface area contributed by atoms with Gasteiger partial charge in [-0.05, 0) is 66.4 Å². The highest BCUT2D eigenvalue weighted by Crippen LogP contribution is 2.39. The number of benzene rings is 3. The van der Waals surface area contributed by atoms with Crippen molar-refractivity contribution in [1.82, 2.24) is 5.32 Å². The van der Waals surface area contributed by atoms with Gasteiger partial charge in [0, 0.05) is 35.6 Å². The molecule has 0 unspecified atom stereocenters. The lowest BCUT2D eigenvalue weighted by Gasteiger charge is -2.20. The van der Waals surface area contributed by atoms with E-state index in [0.717, 1.165) is 42.7 Å². The SMILES string of the molecule is NCCc1ccc(/C(Nc2ccc3c(c2)CCNC3)=C2/C(=O)Nc3ccc([N+](=O)[O-])cc32)cc1. The minimum absolute atomic E-state index is 0.0633. The van der Waals surface area contributed by atoms with Gasteiger partial charge in [-0.25, -0.2) is 0 Å². The molecule has 172 valence electrons. The van der Waals surface area contributed by atoms with Crippen LogP contribution in [0.2, 0.25) is 0 Å². The summed E-state index contributed by atoms with van der Waals surface area (Å²) in [7, 11) is 0. The second-order valence-corrected chi connectivity index (χ2v) is 8.46. The number of amides is 1. The van der Waals surface area contributed by atoms with Gasteiger partial charge in [-0.3, -0.25) is 14.9 Å². The molecule has 3 aromatic rings. The number of non-ortho nitro benzene ring substituents is 1. The van der Waals surface area contributed by atoms with Crippen LogP contribution in [0.3, 0.4) is 0 Å². The Morgan fingerprint density at radius 2 is 1.88 bits per heavy atom. The lowest BCUT2D eigenvalue weighted by atomic mass is 9.97. The molecule has 0 radical (unpaired) electrons. The van der Waals surface area contributed by atoms with Crippen molar-refractivity contribution < 1.29 is 9.72 Å². The van der Waals surface area contributed by atoms with Crippen molar-refractivity contribution in [2.75, 3.05) is 23.7 Å². The molecule has 34 heavy (non-hydrogen) atoms. The Kier molecular flexibility index (Phi) is 5.83. The maximum atomic E-state index is 13.1. The lowest BCUT2D eigenvalue weighted by molar-refractivity contribution is -0.384. The molecule has 0 atom stereocenters. The van der Waals surface area contributed by atoms with E-state index in [4.69, 9.17) is 5.73 Å². The summed E-state index contributed by atoms with van der Waals surface area (Å²) in [6.07, 6.45) is 1.69. The van der Waals surface area contributed by atoms with Gasteiger partial charge in [0.1, 0.15) is 0 Å². The van der Waals surface area contributed by atoms with Crippen molar-refractivity contribution in [3.05, 3.63) is 98.6 Å². The molecule has 2 aliphatic rings. The van der Waals surface area contributed by atoms with Gasteiger partial charge >= 0.3 is 0 Å². The first-order valence-corrected chi connectivity index (χ1v) is 11.3. The van der Waals surface area contributed by atoms with Crippen molar-refractivity contribution in [3.63, 3.8) is 0 Å². The van der Waals surface area contributed by atoms with Crippen LogP contribution in [0.25, 0.3) is 11.3 Å².